The maximum Gasteiger partial charge on any atom is 0.257 e. The fraction of sp³-hybridized carbons (Fsp3) is 0.462. The van der Waals surface area contributed by atoms with Crippen LogP contribution in [0, 0.1) is 5.41 Å². The van der Waals surface area contributed by atoms with Crippen molar-refractivity contribution in [2.24, 2.45) is 11.1 Å². The molecular formula is C13H19BrN2O2. The summed E-state index contributed by atoms with van der Waals surface area (Å²) in [5.41, 5.74) is 5.80. The van der Waals surface area contributed by atoms with Crippen LogP contribution >= 0.6 is 15.9 Å². The Balaban J connectivity index is 2.90. The number of amides is 1. The predicted molar refractivity (Wildman–Crippen MR) is 75.6 cm³/mol. The van der Waals surface area contributed by atoms with Gasteiger partial charge >= 0.3 is 0 Å². The van der Waals surface area contributed by atoms with Crippen LogP contribution in [0.5, 0.6) is 5.75 Å². The molecule has 100 valence electrons. The van der Waals surface area contributed by atoms with Gasteiger partial charge in [-0.1, -0.05) is 29.8 Å². The Morgan fingerprint density at radius 3 is 2.67 bits per heavy atom. The number of hydrogen-bond donors (Lipinski definition) is 2. The van der Waals surface area contributed by atoms with E-state index < -0.39 is 0 Å². The van der Waals surface area contributed by atoms with Crippen molar-refractivity contribution in [2.75, 3.05) is 20.1 Å². The van der Waals surface area contributed by atoms with Crippen LogP contribution in [0.4, 0.5) is 0 Å². The molecule has 0 aliphatic rings. The van der Waals surface area contributed by atoms with E-state index in [0.717, 1.165) is 4.47 Å². The van der Waals surface area contributed by atoms with Crippen LogP contribution in [0.25, 0.3) is 0 Å². The van der Waals surface area contributed by atoms with E-state index in [-0.39, 0.29) is 17.1 Å². The van der Waals surface area contributed by atoms with Gasteiger partial charge in [0, 0.05) is 18.1 Å². The summed E-state index contributed by atoms with van der Waals surface area (Å²) >= 11 is 3.29. The van der Waals surface area contributed by atoms with Crippen LogP contribution in [0.1, 0.15) is 24.2 Å². The lowest BCUT2D eigenvalue weighted by Gasteiger charge is -2.29. The molecule has 0 radical (unpaired) electrons. The molecule has 3 N–H and O–H groups in total. The molecule has 5 heteroatoms. The molecule has 1 aromatic carbocycles. The van der Waals surface area contributed by atoms with E-state index in [2.05, 4.69) is 15.9 Å². The standard InChI is InChI=1S/C13H19BrN2O2/c1-13(2,7-15)8-16(3)12(18)10-6-9(14)4-5-11(10)17/h4-6,17H,7-8,15H2,1-3H3. The van der Waals surface area contributed by atoms with Crippen LogP contribution in [0.2, 0.25) is 0 Å². The number of aromatic hydroxyl groups is 1. The smallest absolute Gasteiger partial charge is 0.257 e. The molecule has 0 aliphatic carbocycles. The number of rotatable bonds is 4. The van der Waals surface area contributed by atoms with E-state index in [4.69, 9.17) is 5.73 Å². The van der Waals surface area contributed by atoms with Gasteiger partial charge in [0.05, 0.1) is 5.56 Å². The number of nitrogens with two attached hydrogens (primary N) is 1. The highest BCUT2D eigenvalue weighted by molar-refractivity contribution is 9.10. The molecule has 0 unspecified atom stereocenters. The van der Waals surface area contributed by atoms with E-state index in [1.165, 1.54) is 6.07 Å². The lowest BCUT2D eigenvalue weighted by molar-refractivity contribution is 0.0737. The van der Waals surface area contributed by atoms with Gasteiger partial charge in [0.25, 0.3) is 5.91 Å². The van der Waals surface area contributed by atoms with Crippen molar-refractivity contribution >= 4 is 21.8 Å². The van der Waals surface area contributed by atoms with Crippen LogP contribution in [0.15, 0.2) is 22.7 Å². The maximum atomic E-state index is 12.2. The number of halogens is 1. The summed E-state index contributed by atoms with van der Waals surface area (Å²) in [5, 5.41) is 9.72. The first-order chi connectivity index (χ1) is 8.26. The van der Waals surface area contributed by atoms with Gasteiger partial charge in [-0.3, -0.25) is 4.79 Å². The Hall–Kier alpha value is -1.07. The lowest BCUT2D eigenvalue weighted by atomic mass is 9.93. The van der Waals surface area contributed by atoms with Crippen molar-refractivity contribution in [3.05, 3.63) is 28.2 Å². The van der Waals surface area contributed by atoms with E-state index >= 15 is 0 Å². The highest BCUT2D eigenvalue weighted by atomic mass is 79.9. The molecule has 0 saturated carbocycles. The van der Waals surface area contributed by atoms with E-state index in [1.54, 1.807) is 24.1 Å². The summed E-state index contributed by atoms with van der Waals surface area (Å²) < 4.78 is 0.759. The molecule has 0 saturated heterocycles. The van der Waals surface area contributed by atoms with Crippen molar-refractivity contribution in [1.29, 1.82) is 0 Å². The van der Waals surface area contributed by atoms with Gasteiger partial charge in [-0.2, -0.15) is 0 Å². The van der Waals surface area contributed by atoms with Crippen LogP contribution in [0.3, 0.4) is 0 Å². The van der Waals surface area contributed by atoms with Gasteiger partial charge in [0.1, 0.15) is 5.75 Å². The normalized spacial score (nSPS) is 11.4. The van der Waals surface area contributed by atoms with Crippen LogP contribution in [-0.4, -0.2) is 36.1 Å². The SMILES string of the molecule is CN(CC(C)(C)CN)C(=O)c1cc(Br)ccc1O. The average Bonchev–Trinajstić information content (AvgIpc) is 2.31. The molecule has 0 heterocycles. The van der Waals surface area contributed by atoms with Gasteiger partial charge in [-0.15, -0.1) is 0 Å². The third-order valence-corrected chi connectivity index (χ3v) is 3.25. The topological polar surface area (TPSA) is 66.6 Å². The monoisotopic (exact) mass is 314 g/mol. The van der Waals surface area contributed by atoms with Crippen molar-refractivity contribution in [3.8, 4) is 5.75 Å². The van der Waals surface area contributed by atoms with Gasteiger partial charge in [0.15, 0.2) is 0 Å². The molecule has 0 aliphatic heterocycles. The van der Waals surface area contributed by atoms with E-state index in [1.807, 2.05) is 13.8 Å². The van der Waals surface area contributed by atoms with E-state index in [0.29, 0.717) is 18.7 Å². The first-order valence-corrected chi connectivity index (χ1v) is 6.50. The van der Waals surface area contributed by atoms with Gasteiger partial charge < -0.3 is 15.7 Å². The number of carbonyl (C=O) groups excluding carboxylic acids is 1. The summed E-state index contributed by atoms with van der Waals surface area (Å²) in [4.78, 5) is 13.8. The zero-order valence-electron chi connectivity index (χ0n) is 10.9. The van der Waals surface area contributed by atoms with Gasteiger partial charge in [-0.05, 0) is 30.2 Å². The molecule has 18 heavy (non-hydrogen) atoms. The Morgan fingerprint density at radius 2 is 2.11 bits per heavy atom. The second-order valence-corrected chi connectivity index (χ2v) is 6.11. The number of phenols is 1. The van der Waals surface area contributed by atoms with Gasteiger partial charge in [0.2, 0.25) is 0 Å². The summed E-state index contributed by atoms with van der Waals surface area (Å²) in [5.74, 6) is -0.226. The highest BCUT2D eigenvalue weighted by Crippen LogP contribution is 2.24. The third-order valence-electron chi connectivity index (χ3n) is 2.75. The molecule has 1 rings (SSSR count). The zero-order valence-corrected chi connectivity index (χ0v) is 12.5. The summed E-state index contributed by atoms with van der Waals surface area (Å²) in [6.07, 6.45) is 0. The van der Waals surface area contributed by atoms with Crippen molar-refractivity contribution in [2.45, 2.75) is 13.8 Å². The van der Waals surface area contributed by atoms with Crippen molar-refractivity contribution in [1.82, 2.24) is 4.90 Å². The largest absolute Gasteiger partial charge is 0.507 e. The Labute approximate surface area is 116 Å². The molecule has 0 aromatic heterocycles. The van der Waals surface area contributed by atoms with Crippen molar-refractivity contribution < 1.29 is 9.90 Å². The van der Waals surface area contributed by atoms with Crippen LogP contribution < -0.4 is 5.73 Å². The summed E-state index contributed by atoms with van der Waals surface area (Å²) in [6, 6.07) is 4.80. The molecule has 0 atom stereocenters. The number of nitrogens with zero attached hydrogens (tertiary/aromatic N) is 1. The fourth-order valence-electron chi connectivity index (χ4n) is 1.66. The Kier molecular flexibility index (Phi) is 4.76. The number of hydrogen-bond acceptors (Lipinski definition) is 3. The summed E-state index contributed by atoms with van der Waals surface area (Å²) in [6.45, 7) is 5.03. The first kappa shape index (κ1) is 15.0. The molecule has 1 amide bonds. The Morgan fingerprint density at radius 1 is 1.50 bits per heavy atom. The minimum absolute atomic E-state index is 0.0133. The third kappa shape index (κ3) is 3.71. The predicted octanol–water partition coefficient (Wildman–Crippen LogP) is 2.21. The second-order valence-electron chi connectivity index (χ2n) is 5.19. The average molecular weight is 315 g/mol. The maximum absolute atomic E-state index is 12.2. The summed E-state index contributed by atoms with van der Waals surface area (Å²) in [7, 11) is 1.71. The van der Waals surface area contributed by atoms with Crippen molar-refractivity contribution in [3.63, 3.8) is 0 Å². The minimum atomic E-state index is -0.213. The van der Waals surface area contributed by atoms with Gasteiger partial charge in [-0.25, -0.2) is 0 Å². The molecule has 0 fully saturated rings. The fourth-order valence-corrected chi connectivity index (χ4v) is 2.02. The van der Waals surface area contributed by atoms with Crippen LogP contribution in [-0.2, 0) is 0 Å². The molecule has 1 aromatic rings. The van der Waals surface area contributed by atoms with E-state index in [9.17, 15) is 9.90 Å². The number of phenolic OH excluding ortho intramolecular Hbond substituents is 1. The molecule has 0 spiro atoms. The lowest BCUT2D eigenvalue weighted by Crippen LogP contribution is -2.39. The quantitative estimate of drug-likeness (QED) is 0.895. The Bertz CT molecular complexity index is 447. The highest BCUT2D eigenvalue weighted by Gasteiger charge is 2.23. The first-order valence-electron chi connectivity index (χ1n) is 5.71. The minimum Gasteiger partial charge on any atom is -0.507 e. The molecular weight excluding hydrogens is 296 g/mol. The number of benzene rings is 1. The number of carbonyl (C=O) groups is 1. The molecule has 4 nitrogen and oxygen atoms in total. The second kappa shape index (κ2) is 5.71. The molecule has 0 bridgehead atoms. The zero-order chi connectivity index (χ0) is 13.9.